The molecule has 0 saturated carbocycles. The molecule has 4 aromatic heterocycles. The molecule has 0 unspecified atom stereocenters. The van der Waals surface area contributed by atoms with Crippen LogP contribution < -0.4 is 11.1 Å². The third kappa shape index (κ3) is 4.71. The molecule has 0 aromatic carbocycles. The van der Waals surface area contributed by atoms with Gasteiger partial charge >= 0.3 is 6.18 Å². The highest BCUT2D eigenvalue weighted by Crippen LogP contribution is 2.43. The van der Waals surface area contributed by atoms with Crippen LogP contribution in [0.5, 0.6) is 0 Å². The highest BCUT2D eigenvalue weighted by Gasteiger charge is 2.34. The van der Waals surface area contributed by atoms with Crippen LogP contribution in [0.1, 0.15) is 33.2 Å². The van der Waals surface area contributed by atoms with Gasteiger partial charge in [-0.25, -0.2) is 13.8 Å². The lowest BCUT2D eigenvalue weighted by atomic mass is 10.0. The Morgan fingerprint density at radius 3 is 2.49 bits per heavy atom. The number of aryl methyl sites for hydroxylation is 2. The van der Waals surface area contributed by atoms with Gasteiger partial charge in [0.15, 0.2) is 5.69 Å². The minimum absolute atomic E-state index is 0.0172. The topological polar surface area (TPSA) is 121 Å². The number of nitrogens with zero attached hydrogens (tertiary/aromatic N) is 5. The molecular weight excluding hydrogens is 497 g/mol. The zero-order valence-corrected chi connectivity index (χ0v) is 18.8. The van der Waals surface area contributed by atoms with E-state index in [0.29, 0.717) is 28.7 Å². The number of rotatable bonds is 6. The minimum Gasteiger partial charge on any atom is -0.365 e. The second-order valence-corrected chi connectivity index (χ2v) is 8.49. The first-order valence-electron chi connectivity index (χ1n) is 9.81. The molecule has 0 aliphatic heterocycles. The maximum atomic E-state index is 13.6. The Morgan fingerprint density at radius 1 is 1.23 bits per heavy atom. The van der Waals surface area contributed by atoms with E-state index in [1.165, 1.54) is 4.68 Å². The normalized spacial score (nSPS) is 12.0. The zero-order chi connectivity index (χ0) is 25.7. The number of fused-ring (bicyclic) bond motifs is 1. The monoisotopic (exact) mass is 513 g/mol. The molecule has 2 amide bonds. The molecule has 0 radical (unpaired) electrons. The maximum Gasteiger partial charge on any atom is 0.435 e. The molecule has 0 fully saturated rings. The molecule has 0 spiro atoms. The summed E-state index contributed by atoms with van der Waals surface area (Å²) in [6.45, 7) is 1.04. The first kappa shape index (κ1) is 24.3. The van der Waals surface area contributed by atoms with Gasteiger partial charge in [-0.05, 0) is 24.6 Å². The zero-order valence-electron chi connectivity index (χ0n) is 18.0. The van der Waals surface area contributed by atoms with Gasteiger partial charge in [0.2, 0.25) is 5.91 Å². The number of anilines is 1. The number of aromatic nitrogens is 5. The van der Waals surface area contributed by atoms with Crippen LogP contribution in [0.15, 0.2) is 24.5 Å². The Bertz CT molecular complexity index is 1450. The van der Waals surface area contributed by atoms with Crippen molar-refractivity contribution in [2.45, 2.75) is 26.1 Å². The smallest absolute Gasteiger partial charge is 0.365 e. The predicted octanol–water partition coefficient (Wildman–Crippen LogP) is 3.90. The molecule has 3 N–H and O–H groups in total. The van der Waals surface area contributed by atoms with Crippen LogP contribution in [0, 0.1) is 6.92 Å². The van der Waals surface area contributed by atoms with E-state index in [-0.39, 0.29) is 26.3 Å². The number of nitrogens with one attached hydrogen (secondary N) is 1. The summed E-state index contributed by atoms with van der Waals surface area (Å²) in [7, 11) is 1.63. The molecular formula is C20H16F5N7O2S. The lowest BCUT2D eigenvalue weighted by molar-refractivity contribution is -0.141. The van der Waals surface area contributed by atoms with Crippen molar-refractivity contribution in [3.63, 3.8) is 0 Å². The van der Waals surface area contributed by atoms with Crippen LogP contribution in [-0.2, 0) is 24.6 Å². The fourth-order valence-electron chi connectivity index (χ4n) is 3.53. The highest BCUT2D eigenvalue weighted by atomic mass is 32.1. The van der Waals surface area contributed by atoms with Crippen molar-refractivity contribution in [2.75, 3.05) is 5.32 Å². The fraction of sp³-hybridized carbons (Fsp3) is 0.250. The SMILES string of the molecule is Cc1nn(C)cc1-c1cc(C(F)F)nc2sc(C(N)=O)c(NC(=O)Cn3ccc(C(F)(F)F)n3)c12. The van der Waals surface area contributed by atoms with E-state index in [1.807, 2.05) is 0 Å². The van der Waals surface area contributed by atoms with Crippen LogP contribution in [0.25, 0.3) is 21.3 Å². The number of halogens is 5. The Balaban J connectivity index is 1.82. The number of pyridine rings is 1. The van der Waals surface area contributed by atoms with Crippen molar-refractivity contribution in [3.05, 3.63) is 46.5 Å². The molecule has 35 heavy (non-hydrogen) atoms. The highest BCUT2D eigenvalue weighted by molar-refractivity contribution is 7.21. The molecule has 9 nitrogen and oxygen atoms in total. The largest absolute Gasteiger partial charge is 0.435 e. The third-order valence-electron chi connectivity index (χ3n) is 4.93. The van der Waals surface area contributed by atoms with E-state index >= 15 is 0 Å². The summed E-state index contributed by atoms with van der Waals surface area (Å²) in [6.07, 6.45) is -5.05. The Kier molecular flexibility index (Phi) is 6.04. The van der Waals surface area contributed by atoms with Gasteiger partial charge in [0.05, 0.1) is 11.4 Å². The van der Waals surface area contributed by atoms with Gasteiger partial charge in [0, 0.05) is 30.4 Å². The summed E-state index contributed by atoms with van der Waals surface area (Å²) in [4.78, 5) is 28.6. The molecule has 0 atom stereocenters. The van der Waals surface area contributed by atoms with Gasteiger partial charge in [0.25, 0.3) is 12.3 Å². The lowest BCUT2D eigenvalue weighted by Crippen LogP contribution is -2.21. The van der Waals surface area contributed by atoms with E-state index in [0.717, 1.165) is 16.9 Å². The van der Waals surface area contributed by atoms with Gasteiger partial charge in [-0.15, -0.1) is 11.3 Å². The molecule has 0 bridgehead atoms. The van der Waals surface area contributed by atoms with E-state index < -0.39 is 42.3 Å². The van der Waals surface area contributed by atoms with Gasteiger partial charge in [-0.2, -0.15) is 23.4 Å². The Labute approximate surface area is 197 Å². The minimum atomic E-state index is -4.69. The van der Waals surface area contributed by atoms with Crippen molar-refractivity contribution in [3.8, 4) is 11.1 Å². The summed E-state index contributed by atoms with van der Waals surface area (Å²) in [5.74, 6) is -1.77. The van der Waals surface area contributed by atoms with E-state index in [2.05, 4.69) is 20.5 Å². The number of carbonyl (C=O) groups excluding carboxylic acids is 2. The average molecular weight is 513 g/mol. The number of amides is 2. The number of primary amides is 1. The standard InChI is InChI=1S/C20H16F5N7O2S/c1-8-10(6-31(2)29-8)9-5-11(17(21)22)27-19-14(9)15(16(35-19)18(26)34)28-13(33)7-32-4-3-12(30-32)20(23,24)25/h3-6,17H,7H2,1-2H3,(H2,26,34)(H,28,33). The van der Waals surface area contributed by atoms with Crippen molar-refractivity contribution in [1.29, 1.82) is 0 Å². The van der Waals surface area contributed by atoms with Crippen LogP contribution in [-0.4, -0.2) is 36.4 Å². The number of alkyl halides is 5. The number of carbonyl (C=O) groups is 2. The summed E-state index contributed by atoms with van der Waals surface area (Å²) >= 11 is 0.709. The molecule has 4 rings (SSSR count). The first-order chi connectivity index (χ1) is 16.3. The second-order valence-electron chi connectivity index (χ2n) is 7.49. The number of hydrogen-bond acceptors (Lipinski definition) is 6. The van der Waals surface area contributed by atoms with E-state index in [4.69, 9.17) is 5.73 Å². The van der Waals surface area contributed by atoms with Gasteiger partial charge in [-0.1, -0.05) is 0 Å². The van der Waals surface area contributed by atoms with Crippen LogP contribution in [0.2, 0.25) is 0 Å². The van der Waals surface area contributed by atoms with E-state index in [9.17, 15) is 31.5 Å². The molecule has 0 aliphatic rings. The second kappa shape index (κ2) is 8.72. The molecule has 15 heteroatoms. The Morgan fingerprint density at radius 2 is 1.94 bits per heavy atom. The van der Waals surface area contributed by atoms with Crippen LogP contribution in [0.4, 0.5) is 27.6 Å². The third-order valence-corrected chi connectivity index (χ3v) is 6.03. The molecule has 4 aromatic rings. The van der Waals surface area contributed by atoms with Crippen molar-refractivity contribution < 1.29 is 31.5 Å². The summed E-state index contributed by atoms with van der Waals surface area (Å²) in [5, 5.41) is 10.2. The lowest BCUT2D eigenvalue weighted by Gasteiger charge is -2.10. The molecule has 0 aliphatic carbocycles. The number of thiophene rings is 1. The quantitative estimate of drug-likeness (QED) is 0.379. The van der Waals surface area contributed by atoms with Crippen molar-refractivity contribution in [2.24, 2.45) is 12.8 Å². The van der Waals surface area contributed by atoms with Crippen LogP contribution in [0.3, 0.4) is 0 Å². The maximum absolute atomic E-state index is 13.6. The van der Waals surface area contributed by atoms with Crippen molar-refractivity contribution in [1.82, 2.24) is 24.5 Å². The summed E-state index contributed by atoms with van der Waals surface area (Å²) in [6, 6.07) is 1.84. The van der Waals surface area contributed by atoms with Crippen molar-refractivity contribution >= 4 is 39.1 Å². The van der Waals surface area contributed by atoms with Gasteiger partial charge in [0.1, 0.15) is 21.9 Å². The Hall–Kier alpha value is -3.88. The molecule has 0 saturated heterocycles. The fourth-order valence-corrected chi connectivity index (χ4v) is 4.54. The number of nitrogens with two attached hydrogens (primary N) is 1. The predicted molar refractivity (Wildman–Crippen MR) is 116 cm³/mol. The van der Waals surface area contributed by atoms with E-state index in [1.54, 1.807) is 20.2 Å². The van der Waals surface area contributed by atoms with Gasteiger partial charge in [-0.3, -0.25) is 19.0 Å². The molecule has 184 valence electrons. The first-order valence-corrected chi connectivity index (χ1v) is 10.6. The van der Waals surface area contributed by atoms with Gasteiger partial charge < -0.3 is 11.1 Å². The number of hydrogen-bond donors (Lipinski definition) is 2. The average Bonchev–Trinajstić information content (AvgIpc) is 3.44. The molecule has 4 heterocycles. The van der Waals surface area contributed by atoms with Crippen LogP contribution >= 0.6 is 11.3 Å². The summed E-state index contributed by atoms with van der Waals surface area (Å²) in [5.41, 5.74) is 4.81. The summed E-state index contributed by atoms with van der Waals surface area (Å²) < 4.78 is 67.8.